The van der Waals surface area contributed by atoms with Gasteiger partial charge in [0.2, 0.25) is 0 Å². The lowest BCUT2D eigenvalue weighted by Gasteiger charge is -2.29. The molecule has 0 saturated heterocycles. The first kappa shape index (κ1) is 17.9. The Balaban J connectivity index is 1.88. The molecule has 26 heavy (non-hydrogen) atoms. The van der Waals surface area contributed by atoms with Crippen molar-refractivity contribution in [3.05, 3.63) is 51.2 Å². The van der Waals surface area contributed by atoms with Gasteiger partial charge in [-0.05, 0) is 49.8 Å². The van der Waals surface area contributed by atoms with E-state index in [1.165, 1.54) is 24.3 Å². The van der Waals surface area contributed by atoms with Crippen LogP contribution in [0, 0.1) is 16.0 Å². The molecule has 1 aliphatic carbocycles. The Morgan fingerprint density at radius 1 is 1.27 bits per heavy atom. The fraction of sp³-hybridized carbons (Fsp3) is 0.444. The van der Waals surface area contributed by atoms with E-state index in [2.05, 4.69) is 17.6 Å². The topological polar surface area (TPSA) is 111 Å². The molecule has 8 heteroatoms. The van der Waals surface area contributed by atoms with Crippen molar-refractivity contribution in [1.29, 1.82) is 0 Å². The summed E-state index contributed by atoms with van der Waals surface area (Å²) in [5.74, 6) is -0.166. The van der Waals surface area contributed by atoms with Crippen molar-refractivity contribution < 1.29 is 19.2 Å². The van der Waals surface area contributed by atoms with Crippen LogP contribution in [-0.2, 0) is 9.53 Å². The minimum Gasteiger partial charge on any atom is -0.459 e. The molecule has 1 aromatic rings. The lowest BCUT2D eigenvalue weighted by molar-refractivity contribution is -0.384. The molecule has 2 aliphatic rings. The molecule has 8 nitrogen and oxygen atoms in total. The first-order valence-electron chi connectivity index (χ1n) is 8.60. The van der Waals surface area contributed by atoms with E-state index >= 15 is 0 Å². The SMILES string of the molecule is CC1=C(C(=O)O[C@@H]2CCC[C@H]2C)[C@@H](c2ccc([N+](=O)[O-])cc2)NC(=O)N1. The third-order valence-electron chi connectivity index (χ3n) is 4.97. The summed E-state index contributed by atoms with van der Waals surface area (Å²) in [4.78, 5) is 35.0. The van der Waals surface area contributed by atoms with Crippen molar-refractivity contribution in [2.75, 3.05) is 0 Å². The monoisotopic (exact) mass is 359 g/mol. The standard InChI is InChI=1S/C18H21N3O5/c1-10-4-3-5-14(10)26-17(22)15-11(2)19-18(23)20-16(15)12-6-8-13(9-7-12)21(24)25/h6-10,14,16H,3-5H2,1-2H3,(H2,19,20,23)/t10-,14-,16-/m1/s1. The van der Waals surface area contributed by atoms with Crippen molar-refractivity contribution >= 4 is 17.7 Å². The number of hydrogen-bond donors (Lipinski definition) is 2. The number of allylic oxidation sites excluding steroid dienone is 1. The number of nitrogens with one attached hydrogen (secondary N) is 2. The van der Waals surface area contributed by atoms with Crippen LogP contribution in [0.3, 0.4) is 0 Å². The van der Waals surface area contributed by atoms with Crippen molar-refractivity contribution in [2.45, 2.75) is 45.3 Å². The fourth-order valence-corrected chi connectivity index (χ4v) is 3.49. The van der Waals surface area contributed by atoms with Gasteiger partial charge in [0.05, 0.1) is 16.5 Å². The number of non-ortho nitro benzene ring substituents is 1. The molecule has 3 rings (SSSR count). The minimum atomic E-state index is -0.714. The van der Waals surface area contributed by atoms with Crippen LogP contribution < -0.4 is 10.6 Å². The number of nitro benzene ring substituents is 1. The van der Waals surface area contributed by atoms with Gasteiger partial charge < -0.3 is 15.4 Å². The van der Waals surface area contributed by atoms with Crippen LogP contribution in [0.1, 0.15) is 44.7 Å². The van der Waals surface area contributed by atoms with E-state index < -0.39 is 23.0 Å². The summed E-state index contributed by atoms with van der Waals surface area (Å²) in [6.45, 7) is 3.70. The number of benzene rings is 1. The highest BCUT2D eigenvalue weighted by atomic mass is 16.6. The van der Waals surface area contributed by atoms with Gasteiger partial charge in [0.25, 0.3) is 5.69 Å². The Morgan fingerprint density at radius 3 is 2.54 bits per heavy atom. The first-order chi connectivity index (χ1) is 12.4. The van der Waals surface area contributed by atoms with Crippen molar-refractivity contribution in [3.63, 3.8) is 0 Å². The maximum Gasteiger partial charge on any atom is 0.338 e. The molecule has 0 aromatic heterocycles. The van der Waals surface area contributed by atoms with E-state index in [0.717, 1.165) is 19.3 Å². The van der Waals surface area contributed by atoms with Crippen LogP contribution in [-0.4, -0.2) is 23.0 Å². The molecule has 3 atom stereocenters. The number of nitrogens with zero attached hydrogens (tertiary/aromatic N) is 1. The van der Waals surface area contributed by atoms with Crippen molar-refractivity contribution in [1.82, 2.24) is 10.6 Å². The highest BCUT2D eigenvalue weighted by Crippen LogP contribution is 2.32. The highest BCUT2D eigenvalue weighted by molar-refractivity contribution is 5.95. The number of ether oxygens (including phenoxy) is 1. The van der Waals surface area contributed by atoms with Crippen LogP contribution in [0.4, 0.5) is 10.5 Å². The van der Waals surface area contributed by atoms with Crippen LogP contribution in [0.15, 0.2) is 35.5 Å². The van der Waals surface area contributed by atoms with Crippen LogP contribution >= 0.6 is 0 Å². The second-order valence-corrected chi connectivity index (χ2v) is 6.77. The van der Waals surface area contributed by atoms with E-state index in [1.807, 2.05) is 0 Å². The summed E-state index contributed by atoms with van der Waals surface area (Å²) in [7, 11) is 0. The number of amides is 2. The zero-order valence-corrected chi connectivity index (χ0v) is 14.7. The molecule has 1 fully saturated rings. The van der Waals surface area contributed by atoms with E-state index in [9.17, 15) is 19.7 Å². The summed E-state index contributed by atoms with van der Waals surface area (Å²) >= 11 is 0. The number of hydrogen-bond acceptors (Lipinski definition) is 5. The van der Waals surface area contributed by atoms with Gasteiger partial charge in [-0.3, -0.25) is 10.1 Å². The smallest absolute Gasteiger partial charge is 0.338 e. The maximum atomic E-state index is 12.8. The van der Waals surface area contributed by atoms with Crippen LogP contribution in [0.25, 0.3) is 0 Å². The molecule has 0 spiro atoms. The normalized spacial score (nSPS) is 25.5. The predicted octanol–water partition coefficient (Wildman–Crippen LogP) is 2.95. The Kier molecular flexibility index (Phi) is 4.92. The van der Waals surface area contributed by atoms with E-state index in [0.29, 0.717) is 22.8 Å². The average Bonchev–Trinajstić information content (AvgIpc) is 2.99. The first-order valence-corrected chi connectivity index (χ1v) is 8.60. The molecule has 2 amide bonds. The Hall–Kier alpha value is -2.90. The Morgan fingerprint density at radius 2 is 1.96 bits per heavy atom. The Bertz CT molecular complexity index is 772. The predicted molar refractivity (Wildman–Crippen MR) is 93.1 cm³/mol. The van der Waals surface area contributed by atoms with Crippen molar-refractivity contribution in [2.24, 2.45) is 5.92 Å². The van der Waals surface area contributed by atoms with E-state index in [-0.39, 0.29) is 11.8 Å². The third kappa shape index (κ3) is 3.54. The lowest BCUT2D eigenvalue weighted by Crippen LogP contribution is -2.45. The number of carbonyl (C=O) groups excluding carboxylic acids is 2. The quantitative estimate of drug-likeness (QED) is 0.488. The molecule has 1 aromatic carbocycles. The zero-order valence-electron chi connectivity index (χ0n) is 14.7. The number of carbonyl (C=O) groups is 2. The molecule has 2 N–H and O–H groups in total. The van der Waals surface area contributed by atoms with Gasteiger partial charge in [-0.2, -0.15) is 0 Å². The summed E-state index contributed by atoms with van der Waals surface area (Å²) in [5.41, 5.74) is 1.26. The second-order valence-electron chi connectivity index (χ2n) is 6.77. The van der Waals surface area contributed by atoms with Crippen LogP contribution in [0.5, 0.6) is 0 Å². The summed E-state index contributed by atoms with van der Waals surface area (Å²) in [6.07, 6.45) is 2.76. The molecule has 1 saturated carbocycles. The summed E-state index contributed by atoms with van der Waals surface area (Å²) < 4.78 is 5.69. The van der Waals surface area contributed by atoms with Gasteiger partial charge in [-0.1, -0.05) is 6.92 Å². The third-order valence-corrected chi connectivity index (χ3v) is 4.97. The number of nitro groups is 1. The molecular formula is C18H21N3O5. The number of urea groups is 1. The van der Waals surface area contributed by atoms with E-state index in [4.69, 9.17) is 4.74 Å². The molecule has 0 unspecified atom stereocenters. The Labute approximate surface area is 150 Å². The zero-order chi connectivity index (χ0) is 18.8. The maximum absolute atomic E-state index is 12.8. The fourth-order valence-electron chi connectivity index (χ4n) is 3.49. The molecule has 1 heterocycles. The van der Waals surface area contributed by atoms with Gasteiger partial charge in [0.15, 0.2) is 0 Å². The van der Waals surface area contributed by atoms with Gasteiger partial charge in [0.1, 0.15) is 6.10 Å². The molecular weight excluding hydrogens is 338 g/mol. The van der Waals surface area contributed by atoms with E-state index in [1.54, 1.807) is 6.92 Å². The minimum absolute atomic E-state index is 0.0568. The van der Waals surface area contributed by atoms with Gasteiger partial charge >= 0.3 is 12.0 Å². The largest absolute Gasteiger partial charge is 0.459 e. The lowest BCUT2D eigenvalue weighted by atomic mass is 9.95. The van der Waals surface area contributed by atoms with Gasteiger partial charge in [-0.25, -0.2) is 9.59 Å². The molecule has 1 aliphatic heterocycles. The molecule has 0 bridgehead atoms. The average molecular weight is 359 g/mol. The van der Waals surface area contributed by atoms with Crippen LogP contribution in [0.2, 0.25) is 0 Å². The molecule has 0 radical (unpaired) electrons. The van der Waals surface area contributed by atoms with Gasteiger partial charge in [0, 0.05) is 17.8 Å². The number of esters is 1. The summed E-state index contributed by atoms with van der Waals surface area (Å²) in [6, 6.07) is 4.62. The summed E-state index contributed by atoms with van der Waals surface area (Å²) in [5, 5.41) is 16.1. The number of rotatable bonds is 4. The highest BCUT2D eigenvalue weighted by Gasteiger charge is 2.35. The second kappa shape index (κ2) is 7.15. The van der Waals surface area contributed by atoms with Crippen molar-refractivity contribution in [3.8, 4) is 0 Å². The van der Waals surface area contributed by atoms with Gasteiger partial charge in [-0.15, -0.1) is 0 Å². The molecule has 138 valence electrons.